The molecule has 5 rings (SSSR count). The molecule has 164 valence electrons. The number of aromatic nitrogens is 4. The number of carbonyl (C=O) groups is 1. The molecular formula is C23H23N5O3S. The molecule has 8 nitrogen and oxygen atoms in total. The van der Waals surface area contributed by atoms with Gasteiger partial charge in [-0.15, -0.1) is 21.5 Å². The van der Waals surface area contributed by atoms with Crippen LogP contribution >= 0.6 is 11.3 Å². The van der Waals surface area contributed by atoms with E-state index in [2.05, 4.69) is 15.2 Å². The first kappa shape index (κ1) is 20.4. The highest BCUT2D eigenvalue weighted by Crippen LogP contribution is 2.34. The minimum absolute atomic E-state index is 0.0495. The van der Waals surface area contributed by atoms with Crippen molar-refractivity contribution < 1.29 is 14.3 Å². The van der Waals surface area contributed by atoms with Crippen molar-refractivity contribution in [1.82, 2.24) is 24.5 Å². The Morgan fingerprint density at radius 2 is 2.00 bits per heavy atom. The maximum atomic E-state index is 13.2. The summed E-state index contributed by atoms with van der Waals surface area (Å²) in [6, 6.07) is 11.5. The molecule has 1 aliphatic heterocycles. The Bertz CT molecular complexity index is 1270. The number of rotatable bonds is 5. The van der Waals surface area contributed by atoms with Gasteiger partial charge in [-0.25, -0.2) is 4.98 Å². The van der Waals surface area contributed by atoms with Gasteiger partial charge < -0.3 is 14.4 Å². The molecule has 32 heavy (non-hydrogen) atoms. The summed E-state index contributed by atoms with van der Waals surface area (Å²) in [5.41, 5.74) is 2.18. The predicted octanol–water partition coefficient (Wildman–Crippen LogP) is 3.89. The van der Waals surface area contributed by atoms with E-state index in [9.17, 15) is 4.79 Å². The summed E-state index contributed by atoms with van der Waals surface area (Å²) < 4.78 is 12.7. The number of thiazole rings is 1. The predicted molar refractivity (Wildman–Crippen MR) is 122 cm³/mol. The first-order chi connectivity index (χ1) is 15.7. The van der Waals surface area contributed by atoms with E-state index in [1.54, 1.807) is 14.2 Å². The van der Waals surface area contributed by atoms with E-state index < -0.39 is 0 Å². The number of amides is 1. The van der Waals surface area contributed by atoms with Gasteiger partial charge in [-0.3, -0.25) is 9.20 Å². The van der Waals surface area contributed by atoms with Crippen LogP contribution in [0.5, 0.6) is 11.5 Å². The lowest BCUT2D eigenvalue weighted by molar-refractivity contribution is 0.0699. The summed E-state index contributed by atoms with van der Waals surface area (Å²) in [5, 5.41) is 11.3. The van der Waals surface area contributed by atoms with E-state index >= 15 is 0 Å². The van der Waals surface area contributed by atoms with E-state index in [-0.39, 0.29) is 11.8 Å². The molecule has 0 N–H and O–H groups in total. The number of carbonyl (C=O) groups excluding carboxylic acids is 1. The fourth-order valence-electron chi connectivity index (χ4n) is 4.15. The molecule has 1 saturated heterocycles. The van der Waals surface area contributed by atoms with Gasteiger partial charge in [-0.2, -0.15) is 0 Å². The van der Waals surface area contributed by atoms with Crippen LogP contribution in [-0.2, 0) is 0 Å². The topological polar surface area (TPSA) is 81.9 Å². The lowest BCUT2D eigenvalue weighted by atomic mass is 9.97. The minimum atomic E-state index is -0.0495. The van der Waals surface area contributed by atoms with Gasteiger partial charge in [0.05, 0.1) is 14.2 Å². The number of pyridine rings is 1. The minimum Gasteiger partial charge on any atom is -0.493 e. The van der Waals surface area contributed by atoms with Gasteiger partial charge >= 0.3 is 0 Å². The number of nitrogens with zero attached hydrogens (tertiary/aromatic N) is 5. The molecule has 1 aliphatic rings. The van der Waals surface area contributed by atoms with Crippen LogP contribution in [0.2, 0.25) is 0 Å². The summed E-state index contributed by atoms with van der Waals surface area (Å²) in [5.74, 6) is 2.29. The molecule has 1 amide bonds. The summed E-state index contributed by atoms with van der Waals surface area (Å²) in [4.78, 5) is 19.7. The Kier molecular flexibility index (Phi) is 5.48. The van der Waals surface area contributed by atoms with Crippen LogP contribution in [0.4, 0.5) is 0 Å². The molecule has 3 aromatic heterocycles. The van der Waals surface area contributed by atoms with Crippen molar-refractivity contribution in [1.29, 1.82) is 0 Å². The molecule has 1 aromatic carbocycles. The van der Waals surface area contributed by atoms with E-state index in [4.69, 9.17) is 9.47 Å². The molecule has 0 aliphatic carbocycles. The molecule has 0 bridgehead atoms. The van der Waals surface area contributed by atoms with Gasteiger partial charge in [0, 0.05) is 36.1 Å². The van der Waals surface area contributed by atoms with Crippen LogP contribution in [0, 0.1) is 0 Å². The summed E-state index contributed by atoms with van der Waals surface area (Å²) in [7, 11) is 3.20. The van der Waals surface area contributed by atoms with Crippen LogP contribution in [0.3, 0.4) is 0 Å². The fourth-order valence-corrected chi connectivity index (χ4v) is 4.94. The van der Waals surface area contributed by atoms with Gasteiger partial charge in [0.1, 0.15) is 16.5 Å². The second kappa shape index (κ2) is 8.58. The zero-order valence-corrected chi connectivity index (χ0v) is 18.7. The number of ether oxygens (including phenoxy) is 2. The number of fused-ring (bicyclic) bond motifs is 1. The zero-order valence-electron chi connectivity index (χ0n) is 17.9. The maximum absolute atomic E-state index is 13.2. The number of hydrogen-bond acceptors (Lipinski definition) is 7. The first-order valence-corrected chi connectivity index (χ1v) is 11.3. The SMILES string of the molecule is COc1ccc(-c2nc(C(=O)N3CCC[C@H](c4nnc5ccccn45)C3)cs2)cc1OC. The molecule has 0 spiro atoms. The maximum Gasteiger partial charge on any atom is 0.273 e. The highest BCUT2D eigenvalue weighted by molar-refractivity contribution is 7.13. The van der Waals surface area contributed by atoms with Crippen LogP contribution in [-0.4, -0.2) is 57.7 Å². The van der Waals surface area contributed by atoms with Gasteiger partial charge in [-0.05, 0) is 43.2 Å². The molecule has 1 fully saturated rings. The molecule has 4 aromatic rings. The Balaban J connectivity index is 1.35. The standard InChI is InChI=1S/C23H23N5O3S/c1-30-18-9-8-15(12-19(18)31-2)22-24-17(14-32-22)23(29)27-10-5-6-16(13-27)21-26-25-20-7-3-4-11-28(20)21/h3-4,7-9,11-12,14,16H,5-6,10,13H2,1-2H3/t16-/m0/s1. The monoisotopic (exact) mass is 449 g/mol. The second-order valence-electron chi connectivity index (χ2n) is 7.69. The molecular weight excluding hydrogens is 426 g/mol. The molecule has 1 atom stereocenters. The summed E-state index contributed by atoms with van der Waals surface area (Å²) >= 11 is 1.45. The van der Waals surface area contributed by atoms with Crippen LogP contribution in [0.1, 0.15) is 35.1 Å². The van der Waals surface area contributed by atoms with Crippen molar-refractivity contribution >= 4 is 22.9 Å². The Morgan fingerprint density at radius 3 is 2.84 bits per heavy atom. The lowest BCUT2D eigenvalue weighted by Crippen LogP contribution is -2.39. The quantitative estimate of drug-likeness (QED) is 0.460. The van der Waals surface area contributed by atoms with Crippen molar-refractivity contribution in [2.24, 2.45) is 0 Å². The van der Waals surface area contributed by atoms with Gasteiger partial charge in [0.25, 0.3) is 5.91 Å². The third-order valence-corrected chi connectivity index (χ3v) is 6.66. The smallest absolute Gasteiger partial charge is 0.273 e. The summed E-state index contributed by atoms with van der Waals surface area (Å²) in [6.07, 6.45) is 3.87. The van der Waals surface area contributed by atoms with Gasteiger partial charge in [-0.1, -0.05) is 6.07 Å². The Labute approximate surface area is 189 Å². The Hall–Kier alpha value is -3.46. The van der Waals surface area contributed by atoms with Crippen molar-refractivity contribution in [3.05, 3.63) is 59.5 Å². The average molecular weight is 450 g/mol. The molecule has 9 heteroatoms. The normalized spacial score (nSPS) is 16.3. The van der Waals surface area contributed by atoms with E-state index in [1.165, 1.54) is 11.3 Å². The first-order valence-electron chi connectivity index (χ1n) is 10.4. The molecule has 0 unspecified atom stereocenters. The fraction of sp³-hybridized carbons (Fsp3) is 0.304. The third-order valence-electron chi connectivity index (χ3n) is 5.77. The Morgan fingerprint density at radius 1 is 1.12 bits per heavy atom. The largest absolute Gasteiger partial charge is 0.493 e. The van der Waals surface area contributed by atoms with Gasteiger partial charge in [0.2, 0.25) is 0 Å². The molecule has 0 saturated carbocycles. The molecule has 4 heterocycles. The third kappa shape index (κ3) is 3.69. The zero-order chi connectivity index (χ0) is 22.1. The average Bonchev–Trinajstić information content (AvgIpc) is 3.51. The highest BCUT2D eigenvalue weighted by Gasteiger charge is 2.29. The van der Waals surface area contributed by atoms with E-state index in [0.29, 0.717) is 23.7 Å². The number of hydrogen-bond donors (Lipinski definition) is 0. The second-order valence-corrected chi connectivity index (χ2v) is 8.54. The van der Waals surface area contributed by atoms with Crippen LogP contribution < -0.4 is 9.47 Å². The van der Waals surface area contributed by atoms with Crippen molar-refractivity contribution in [2.45, 2.75) is 18.8 Å². The van der Waals surface area contributed by atoms with Crippen LogP contribution in [0.15, 0.2) is 48.0 Å². The summed E-state index contributed by atoms with van der Waals surface area (Å²) in [6.45, 7) is 1.33. The van der Waals surface area contributed by atoms with Crippen molar-refractivity contribution in [3.8, 4) is 22.1 Å². The van der Waals surface area contributed by atoms with Gasteiger partial charge in [0.15, 0.2) is 17.1 Å². The van der Waals surface area contributed by atoms with Crippen molar-refractivity contribution in [2.75, 3.05) is 27.3 Å². The molecule has 0 radical (unpaired) electrons. The number of benzene rings is 1. The highest BCUT2D eigenvalue weighted by atomic mass is 32.1. The number of likely N-dealkylation sites (tertiary alicyclic amines) is 1. The van der Waals surface area contributed by atoms with E-state index in [0.717, 1.165) is 41.4 Å². The number of methoxy groups -OCH3 is 2. The van der Waals surface area contributed by atoms with Crippen LogP contribution in [0.25, 0.3) is 16.2 Å². The van der Waals surface area contributed by atoms with Crippen molar-refractivity contribution in [3.63, 3.8) is 0 Å². The van der Waals surface area contributed by atoms with E-state index in [1.807, 2.05) is 57.3 Å². The number of piperidine rings is 1. The lowest BCUT2D eigenvalue weighted by Gasteiger charge is -2.31.